The Labute approximate surface area is 165 Å². The second-order valence-corrected chi connectivity index (χ2v) is 6.30. The SMILES string of the molecule is Cc1nc2nc(C(F)(F)F)nn2c(C)c1CCC(=O)NNc1ccc(F)c(F)c1F. The van der Waals surface area contributed by atoms with E-state index in [-0.39, 0.29) is 18.6 Å². The lowest BCUT2D eigenvalue weighted by Gasteiger charge is -2.12. The number of nitrogens with one attached hydrogen (secondary N) is 2. The molecular formula is C17H14F6N6O. The van der Waals surface area contributed by atoms with Gasteiger partial charge in [0.25, 0.3) is 11.6 Å². The van der Waals surface area contributed by atoms with Crippen LogP contribution in [0.3, 0.4) is 0 Å². The van der Waals surface area contributed by atoms with Crippen molar-refractivity contribution in [2.45, 2.75) is 32.9 Å². The number of rotatable bonds is 5. The molecule has 0 spiro atoms. The Morgan fingerprint density at radius 2 is 1.80 bits per heavy atom. The highest BCUT2D eigenvalue weighted by molar-refractivity contribution is 5.77. The number of hydrogen-bond acceptors (Lipinski definition) is 5. The van der Waals surface area contributed by atoms with Crippen LogP contribution >= 0.6 is 0 Å². The molecule has 0 radical (unpaired) electrons. The van der Waals surface area contributed by atoms with Gasteiger partial charge in [0.1, 0.15) is 0 Å². The van der Waals surface area contributed by atoms with Gasteiger partial charge in [0, 0.05) is 17.8 Å². The van der Waals surface area contributed by atoms with E-state index in [9.17, 15) is 31.1 Å². The van der Waals surface area contributed by atoms with Crippen molar-refractivity contribution in [2.24, 2.45) is 0 Å². The van der Waals surface area contributed by atoms with Crippen molar-refractivity contribution in [3.63, 3.8) is 0 Å². The smallest absolute Gasteiger partial charge is 0.296 e. The second kappa shape index (κ2) is 7.80. The van der Waals surface area contributed by atoms with Crippen molar-refractivity contribution in [1.82, 2.24) is 25.0 Å². The van der Waals surface area contributed by atoms with Crippen molar-refractivity contribution in [3.8, 4) is 0 Å². The van der Waals surface area contributed by atoms with Crippen LogP contribution in [0.1, 0.15) is 29.2 Å². The minimum absolute atomic E-state index is 0.0790. The normalized spacial score (nSPS) is 11.7. The summed E-state index contributed by atoms with van der Waals surface area (Å²) in [6.45, 7) is 3.07. The van der Waals surface area contributed by atoms with Gasteiger partial charge in [0.2, 0.25) is 5.91 Å². The van der Waals surface area contributed by atoms with Gasteiger partial charge in [-0.2, -0.15) is 18.2 Å². The summed E-state index contributed by atoms with van der Waals surface area (Å²) in [5.74, 6) is -6.74. The molecule has 0 saturated heterocycles. The zero-order chi connectivity index (χ0) is 22.2. The quantitative estimate of drug-likeness (QED) is 0.367. The number of hydrogen-bond donors (Lipinski definition) is 2. The van der Waals surface area contributed by atoms with E-state index in [0.29, 0.717) is 23.0 Å². The molecular weight excluding hydrogens is 418 g/mol. The zero-order valence-electron chi connectivity index (χ0n) is 15.5. The van der Waals surface area contributed by atoms with Crippen LogP contribution in [0.2, 0.25) is 0 Å². The summed E-state index contributed by atoms with van der Waals surface area (Å²) in [5, 5.41) is 3.41. The average molecular weight is 432 g/mol. The Morgan fingerprint density at radius 1 is 1.10 bits per heavy atom. The number of aryl methyl sites for hydroxylation is 2. The van der Waals surface area contributed by atoms with E-state index in [0.717, 1.165) is 10.6 Å². The van der Waals surface area contributed by atoms with E-state index in [2.05, 4.69) is 25.9 Å². The van der Waals surface area contributed by atoms with Gasteiger partial charge in [0.05, 0.1) is 5.69 Å². The Kier molecular flexibility index (Phi) is 5.55. The topological polar surface area (TPSA) is 84.2 Å². The van der Waals surface area contributed by atoms with Gasteiger partial charge in [-0.15, -0.1) is 5.10 Å². The molecule has 0 aliphatic carbocycles. The maximum absolute atomic E-state index is 13.6. The number of carbonyl (C=O) groups is 1. The summed E-state index contributed by atoms with van der Waals surface area (Å²) in [4.78, 5) is 19.4. The number of aromatic nitrogens is 4. The Balaban J connectivity index is 1.71. The molecule has 30 heavy (non-hydrogen) atoms. The van der Waals surface area contributed by atoms with Gasteiger partial charge in [-0.05, 0) is 38.0 Å². The molecule has 7 nitrogen and oxygen atoms in total. The first-order chi connectivity index (χ1) is 14.0. The van der Waals surface area contributed by atoms with Gasteiger partial charge >= 0.3 is 6.18 Å². The molecule has 0 saturated carbocycles. The summed E-state index contributed by atoms with van der Waals surface area (Å²) in [6.07, 6.45) is -4.81. The van der Waals surface area contributed by atoms with E-state index < -0.39 is 41.0 Å². The number of fused-ring (bicyclic) bond motifs is 1. The monoisotopic (exact) mass is 432 g/mol. The van der Waals surface area contributed by atoms with E-state index >= 15 is 0 Å². The van der Waals surface area contributed by atoms with Crippen molar-refractivity contribution in [2.75, 3.05) is 5.43 Å². The maximum Gasteiger partial charge on any atom is 0.453 e. The van der Waals surface area contributed by atoms with Gasteiger partial charge in [-0.1, -0.05) is 0 Å². The third kappa shape index (κ3) is 4.14. The predicted molar refractivity (Wildman–Crippen MR) is 91.7 cm³/mol. The molecule has 0 atom stereocenters. The average Bonchev–Trinajstić information content (AvgIpc) is 3.10. The van der Waals surface area contributed by atoms with E-state index in [1.165, 1.54) is 6.92 Å². The fraction of sp³-hybridized carbons (Fsp3) is 0.294. The van der Waals surface area contributed by atoms with Crippen LogP contribution in [0.15, 0.2) is 12.1 Å². The summed E-state index contributed by atoms with van der Waals surface area (Å²) >= 11 is 0. The minimum Gasteiger partial charge on any atom is -0.296 e. The number of benzene rings is 1. The van der Waals surface area contributed by atoms with Crippen LogP contribution < -0.4 is 10.9 Å². The molecule has 3 aromatic rings. The number of halogens is 6. The highest BCUT2D eigenvalue weighted by atomic mass is 19.4. The lowest BCUT2D eigenvalue weighted by atomic mass is 10.1. The summed E-state index contributed by atoms with van der Waals surface area (Å²) < 4.78 is 79.1. The summed E-state index contributed by atoms with van der Waals surface area (Å²) in [5.41, 5.74) is 4.99. The first-order valence-electron chi connectivity index (χ1n) is 8.47. The molecule has 2 heterocycles. The number of nitrogens with zero attached hydrogens (tertiary/aromatic N) is 4. The fourth-order valence-corrected chi connectivity index (χ4v) is 2.75. The van der Waals surface area contributed by atoms with Crippen LogP contribution in [0, 0.1) is 31.3 Å². The third-order valence-electron chi connectivity index (χ3n) is 4.28. The minimum atomic E-state index is -4.73. The summed E-state index contributed by atoms with van der Waals surface area (Å²) in [6, 6.07) is 1.59. The molecule has 0 aliphatic rings. The Bertz CT molecular complexity index is 1130. The van der Waals surface area contributed by atoms with Crippen molar-refractivity contribution < 1.29 is 31.1 Å². The Morgan fingerprint density at radius 3 is 2.47 bits per heavy atom. The number of anilines is 1. The molecule has 13 heteroatoms. The van der Waals surface area contributed by atoms with E-state index in [4.69, 9.17) is 0 Å². The highest BCUT2D eigenvalue weighted by Gasteiger charge is 2.37. The number of alkyl halides is 3. The van der Waals surface area contributed by atoms with Gasteiger partial charge in [-0.3, -0.25) is 15.6 Å². The molecule has 160 valence electrons. The standard InChI is InChI=1S/C17H14F6N6O/c1-7-9(8(2)29-16(24-7)25-15(28-29)17(21,22)23)3-6-12(30)27-26-11-5-4-10(18)13(19)14(11)20/h4-5,26H,3,6H2,1-2H3,(H,27,30). The maximum atomic E-state index is 13.6. The molecule has 3 rings (SSSR count). The van der Waals surface area contributed by atoms with Gasteiger partial charge < -0.3 is 0 Å². The van der Waals surface area contributed by atoms with Gasteiger partial charge in [-0.25, -0.2) is 22.7 Å². The molecule has 0 bridgehead atoms. The van der Waals surface area contributed by atoms with Gasteiger partial charge in [0.15, 0.2) is 17.5 Å². The molecule has 0 fully saturated rings. The molecule has 1 amide bonds. The first kappa shape index (κ1) is 21.3. The molecule has 0 aliphatic heterocycles. The predicted octanol–water partition coefficient (Wildman–Crippen LogP) is 3.25. The third-order valence-corrected chi connectivity index (χ3v) is 4.28. The highest BCUT2D eigenvalue weighted by Crippen LogP contribution is 2.27. The first-order valence-corrected chi connectivity index (χ1v) is 8.47. The van der Waals surface area contributed by atoms with Crippen LogP contribution in [0.25, 0.3) is 5.78 Å². The lowest BCUT2D eigenvalue weighted by molar-refractivity contribution is -0.144. The molecule has 0 unspecified atom stereocenters. The number of carbonyl (C=O) groups excluding carboxylic acids is 1. The fourth-order valence-electron chi connectivity index (χ4n) is 2.75. The zero-order valence-corrected chi connectivity index (χ0v) is 15.5. The van der Waals surface area contributed by atoms with Crippen LogP contribution in [0.5, 0.6) is 0 Å². The molecule has 1 aromatic carbocycles. The molecule has 2 N–H and O–H groups in total. The number of hydrazine groups is 1. The van der Waals surface area contributed by atoms with Crippen molar-refractivity contribution >= 4 is 17.4 Å². The van der Waals surface area contributed by atoms with Crippen molar-refractivity contribution in [3.05, 3.63) is 52.4 Å². The van der Waals surface area contributed by atoms with E-state index in [1.807, 2.05) is 0 Å². The summed E-state index contributed by atoms with van der Waals surface area (Å²) in [7, 11) is 0. The largest absolute Gasteiger partial charge is 0.453 e. The van der Waals surface area contributed by atoms with Crippen LogP contribution in [-0.2, 0) is 17.4 Å². The second-order valence-electron chi connectivity index (χ2n) is 6.30. The van der Waals surface area contributed by atoms with Crippen LogP contribution in [-0.4, -0.2) is 25.5 Å². The van der Waals surface area contributed by atoms with Crippen LogP contribution in [0.4, 0.5) is 32.0 Å². The number of amides is 1. The lowest BCUT2D eigenvalue weighted by Crippen LogP contribution is -2.30. The van der Waals surface area contributed by atoms with Crippen molar-refractivity contribution in [1.29, 1.82) is 0 Å². The Hall–Kier alpha value is -3.38. The molecule has 2 aromatic heterocycles. The van der Waals surface area contributed by atoms with E-state index in [1.54, 1.807) is 6.92 Å².